The predicted molar refractivity (Wildman–Crippen MR) is 54.3 cm³/mol. The molecule has 1 heterocycles. The largest absolute Gasteiger partial charge is 0.461 e. The van der Waals surface area contributed by atoms with Crippen LogP contribution < -0.4 is 5.73 Å². The number of nitriles is 1. The zero-order valence-corrected chi connectivity index (χ0v) is 8.91. The number of ether oxygens (including phenoxy) is 1. The molecule has 1 rings (SSSR count). The van der Waals surface area contributed by atoms with Gasteiger partial charge in [0.15, 0.2) is 5.69 Å². The van der Waals surface area contributed by atoms with Gasteiger partial charge in [-0.1, -0.05) is 0 Å². The SMILES string of the molecule is CCOC(=O)c1nc(C(F)F)cc(N)c1C#N. The maximum absolute atomic E-state index is 12.5. The van der Waals surface area contributed by atoms with E-state index in [2.05, 4.69) is 9.72 Å². The molecule has 0 amide bonds. The predicted octanol–water partition coefficient (Wildman–Crippen LogP) is 1.65. The van der Waals surface area contributed by atoms with Crippen LogP contribution in [0, 0.1) is 11.3 Å². The highest BCUT2D eigenvalue weighted by Crippen LogP contribution is 2.23. The monoisotopic (exact) mass is 241 g/mol. The lowest BCUT2D eigenvalue weighted by atomic mass is 10.1. The number of carbonyl (C=O) groups is 1. The molecule has 1 aromatic rings. The standard InChI is InChI=1S/C10H9F2N3O2/c1-2-17-10(16)8-5(4-13)6(14)3-7(15-8)9(11)12/h3,9H,2H2,1H3,(H2,14,15). The Bertz CT molecular complexity index is 483. The number of nitrogens with two attached hydrogens (primary N) is 1. The van der Waals surface area contributed by atoms with Crippen molar-refractivity contribution in [2.75, 3.05) is 12.3 Å². The maximum Gasteiger partial charge on any atom is 0.358 e. The van der Waals surface area contributed by atoms with Crippen LogP contribution in [0.4, 0.5) is 14.5 Å². The number of aromatic nitrogens is 1. The second kappa shape index (κ2) is 5.21. The molecule has 0 radical (unpaired) electrons. The zero-order valence-electron chi connectivity index (χ0n) is 8.91. The average Bonchev–Trinajstić information content (AvgIpc) is 2.28. The van der Waals surface area contributed by atoms with Crippen molar-refractivity contribution in [2.45, 2.75) is 13.3 Å². The van der Waals surface area contributed by atoms with Crippen LogP contribution in [-0.2, 0) is 4.74 Å². The Kier molecular flexibility index (Phi) is 3.93. The van der Waals surface area contributed by atoms with E-state index in [4.69, 9.17) is 11.0 Å². The molecule has 0 atom stereocenters. The molecule has 17 heavy (non-hydrogen) atoms. The molecule has 0 aromatic carbocycles. The van der Waals surface area contributed by atoms with Crippen molar-refractivity contribution >= 4 is 11.7 Å². The molecule has 0 saturated carbocycles. The Hall–Kier alpha value is -2.23. The Labute approximate surface area is 95.8 Å². The quantitative estimate of drug-likeness (QED) is 0.812. The minimum atomic E-state index is -2.88. The molecule has 0 aliphatic heterocycles. The van der Waals surface area contributed by atoms with Crippen molar-refractivity contribution in [2.24, 2.45) is 0 Å². The minimum Gasteiger partial charge on any atom is -0.461 e. The van der Waals surface area contributed by atoms with Crippen molar-refractivity contribution in [3.63, 3.8) is 0 Å². The van der Waals surface area contributed by atoms with E-state index in [0.717, 1.165) is 6.07 Å². The molecule has 0 spiro atoms. The van der Waals surface area contributed by atoms with Crippen molar-refractivity contribution in [1.29, 1.82) is 5.26 Å². The first-order chi connectivity index (χ1) is 8.01. The first-order valence-electron chi connectivity index (χ1n) is 4.67. The molecule has 7 heteroatoms. The third-order valence-corrected chi connectivity index (χ3v) is 1.87. The van der Waals surface area contributed by atoms with E-state index in [1.807, 2.05) is 0 Å². The first-order valence-corrected chi connectivity index (χ1v) is 4.67. The van der Waals surface area contributed by atoms with E-state index in [-0.39, 0.29) is 17.9 Å². The minimum absolute atomic E-state index is 0.0458. The van der Waals surface area contributed by atoms with Crippen LogP contribution in [0.25, 0.3) is 0 Å². The molecule has 0 saturated heterocycles. The molecule has 0 aliphatic carbocycles. The highest BCUT2D eigenvalue weighted by Gasteiger charge is 2.21. The summed E-state index contributed by atoms with van der Waals surface area (Å²) >= 11 is 0. The fourth-order valence-electron chi connectivity index (χ4n) is 1.16. The van der Waals surface area contributed by atoms with Crippen molar-refractivity contribution in [3.05, 3.63) is 23.0 Å². The van der Waals surface area contributed by atoms with Crippen LogP contribution in [0.3, 0.4) is 0 Å². The summed E-state index contributed by atoms with van der Waals surface area (Å²) in [5.41, 5.74) is 3.78. The average molecular weight is 241 g/mol. The van der Waals surface area contributed by atoms with Gasteiger partial charge in [0.05, 0.1) is 12.3 Å². The van der Waals surface area contributed by atoms with E-state index >= 15 is 0 Å². The third kappa shape index (κ3) is 2.66. The zero-order chi connectivity index (χ0) is 13.0. The number of nitrogens with zero attached hydrogens (tertiary/aromatic N) is 2. The molecule has 0 fully saturated rings. The number of alkyl halides is 2. The van der Waals surface area contributed by atoms with Gasteiger partial charge in [-0.25, -0.2) is 18.6 Å². The molecular weight excluding hydrogens is 232 g/mol. The molecule has 0 aliphatic rings. The number of nitrogen functional groups attached to an aromatic ring is 1. The summed E-state index contributed by atoms with van der Waals surface area (Å²) in [5, 5.41) is 8.78. The van der Waals surface area contributed by atoms with Gasteiger partial charge >= 0.3 is 5.97 Å². The summed E-state index contributed by atoms with van der Waals surface area (Å²) in [6.07, 6.45) is -2.88. The van der Waals surface area contributed by atoms with E-state index in [1.165, 1.54) is 0 Å². The van der Waals surface area contributed by atoms with Gasteiger partial charge in [-0.3, -0.25) is 0 Å². The van der Waals surface area contributed by atoms with Gasteiger partial charge in [-0.05, 0) is 13.0 Å². The van der Waals surface area contributed by atoms with Crippen LogP contribution in [-0.4, -0.2) is 17.6 Å². The normalized spacial score (nSPS) is 10.1. The smallest absolute Gasteiger partial charge is 0.358 e. The molecule has 0 unspecified atom stereocenters. The van der Waals surface area contributed by atoms with E-state index < -0.39 is 23.8 Å². The summed E-state index contributed by atoms with van der Waals surface area (Å²) in [4.78, 5) is 14.8. The van der Waals surface area contributed by atoms with E-state index in [9.17, 15) is 13.6 Å². The Morgan fingerprint density at radius 3 is 2.82 bits per heavy atom. The van der Waals surface area contributed by atoms with E-state index in [0.29, 0.717) is 0 Å². The van der Waals surface area contributed by atoms with Gasteiger partial charge < -0.3 is 10.5 Å². The number of hydrogen-bond acceptors (Lipinski definition) is 5. The fourth-order valence-corrected chi connectivity index (χ4v) is 1.16. The number of esters is 1. The summed E-state index contributed by atoms with van der Waals surface area (Å²) < 4.78 is 29.5. The molecule has 1 aromatic heterocycles. The first kappa shape index (κ1) is 12.8. The van der Waals surface area contributed by atoms with Gasteiger partial charge in [0, 0.05) is 0 Å². The van der Waals surface area contributed by atoms with Crippen LogP contribution in [0.2, 0.25) is 0 Å². The highest BCUT2D eigenvalue weighted by atomic mass is 19.3. The number of pyridine rings is 1. The molecule has 90 valence electrons. The Balaban J connectivity index is 3.35. The van der Waals surface area contributed by atoms with Crippen LogP contribution >= 0.6 is 0 Å². The Morgan fingerprint density at radius 1 is 1.71 bits per heavy atom. The van der Waals surface area contributed by atoms with Crippen molar-refractivity contribution in [3.8, 4) is 6.07 Å². The lowest BCUT2D eigenvalue weighted by Crippen LogP contribution is -2.13. The maximum atomic E-state index is 12.5. The van der Waals surface area contributed by atoms with Crippen molar-refractivity contribution in [1.82, 2.24) is 4.98 Å². The summed E-state index contributed by atoms with van der Waals surface area (Å²) in [7, 11) is 0. The van der Waals surface area contributed by atoms with Gasteiger partial charge in [0.1, 0.15) is 17.3 Å². The van der Waals surface area contributed by atoms with Gasteiger partial charge in [0.25, 0.3) is 6.43 Å². The van der Waals surface area contributed by atoms with Crippen LogP contribution in [0.15, 0.2) is 6.07 Å². The summed E-state index contributed by atoms with van der Waals surface area (Å²) in [5.74, 6) is -0.946. The lowest BCUT2D eigenvalue weighted by molar-refractivity contribution is 0.0517. The van der Waals surface area contributed by atoms with Crippen molar-refractivity contribution < 1.29 is 18.3 Å². The van der Waals surface area contributed by atoms with Gasteiger partial charge in [0.2, 0.25) is 0 Å². The topological polar surface area (TPSA) is 89.0 Å². The van der Waals surface area contributed by atoms with Crippen LogP contribution in [0.5, 0.6) is 0 Å². The second-order valence-corrected chi connectivity index (χ2v) is 2.99. The number of carbonyl (C=O) groups excluding carboxylic acids is 1. The van der Waals surface area contributed by atoms with Crippen LogP contribution in [0.1, 0.15) is 35.1 Å². The second-order valence-electron chi connectivity index (χ2n) is 2.99. The Morgan fingerprint density at radius 2 is 2.35 bits per heavy atom. The molecule has 5 nitrogen and oxygen atoms in total. The highest BCUT2D eigenvalue weighted by molar-refractivity contribution is 5.92. The molecule has 2 N–H and O–H groups in total. The number of halogens is 2. The van der Waals surface area contributed by atoms with E-state index in [1.54, 1.807) is 13.0 Å². The van der Waals surface area contributed by atoms with Gasteiger partial charge in [-0.2, -0.15) is 5.26 Å². The number of anilines is 1. The number of rotatable bonds is 3. The number of hydrogen-bond donors (Lipinski definition) is 1. The molecule has 0 bridgehead atoms. The van der Waals surface area contributed by atoms with Gasteiger partial charge in [-0.15, -0.1) is 0 Å². The molecular formula is C10H9F2N3O2. The third-order valence-electron chi connectivity index (χ3n) is 1.87. The summed E-state index contributed by atoms with van der Waals surface area (Å²) in [6.45, 7) is 1.59. The fraction of sp³-hybridized carbons (Fsp3) is 0.300. The summed E-state index contributed by atoms with van der Waals surface area (Å²) in [6, 6.07) is 2.50. The lowest BCUT2D eigenvalue weighted by Gasteiger charge is -2.08.